The van der Waals surface area contributed by atoms with Crippen LogP contribution < -0.4 is 19.4 Å². The van der Waals surface area contributed by atoms with E-state index in [1.54, 1.807) is 26.9 Å². The largest absolute Gasteiger partial charge is 0.494 e. The molecule has 0 aliphatic carbocycles. The van der Waals surface area contributed by atoms with Crippen molar-refractivity contribution < 1.29 is 29.0 Å². The highest BCUT2D eigenvalue weighted by Gasteiger charge is 2.78. The molecule has 264 valence electrons. The Balaban J connectivity index is 1.54. The van der Waals surface area contributed by atoms with Gasteiger partial charge in [0.25, 0.3) is 5.91 Å². The van der Waals surface area contributed by atoms with Crippen molar-refractivity contribution in [2.75, 3.05) is 60.6 Å². The molecule has 1 spiro atoms. The molecule has 2 aromatic carbocycles. The number of aliphatic hydroxyl groups is 1. The summed E-state index contributed by atoms with van der Waals surface area (Å²) in [5.41, 5.74) is 0.303. The summed E-state index contributed by atoms with van der Waals surface area (Å²) in [7, 11) is 0. The summed E-state index contributed by atoms with van der Waals surface area (Å²) in [4.78, 5) is 51.5. The minimum Gasteiger partial charge on any atom is -0.494 e. The number of hydrogen-bond donors (Lipinski definition) is 1. The van der Waals surface area contributed by atoms with Gasteiger partial charge in [-0.3, -0.25) is 14.4 Å². The molecule has 3 saturated heterocycles. The van der Waals surface area contributed by atoms with Crippen molar-refractivity contribution in [1.82, 2.24) is 4.90 Å². The Labute approximate surface area is 290 Å². The monoisotopic (exact) mass is 672 g/mol. The first kappa shape index (κ1) is 36.1. The first-order chi connectivity index (χ1) is 23.6. The lowest BCUT2D eigenvalue weighted by Crippen LogP contribution is -2.56. The Hall–Kier alpha value is -4.15. The SMILES string of the molecule is C=CCN(C(=O)C1N(CCCCO)C(=O)[C@@H]2[C@@H](C(=O)N(CC=C)c3ccc(OCC)cc3)[C@@]3(C)CCC12O3)c1ccc(N(CC)CC)cc1. The number of carbonyl (C=O) groups excluding carboxylic acids is 3. The number of unbranched alkanes of at least 4 members (excludes halogenated alkanes) is 1. The van der Waals surface area contributed by atoms with Gasteiger partial charge in [0.15, 0.2) is 0 Å². The summed E-state index contributed by atoms with van der Waals surface area (Å²) < 4.78 is 12.5. The highest BCUT2D eigenvalue weighted by molar-refractivity contribution is 6.07. The molecule has 0 radical (unpaired) electrons. The van der Waals surface area contributed by atoms with Crippen LogP contribution in [0, 0.1) is 11.8 Å². The lowest BCUT2D eigenvalue weighted by atomic mass is 9.66. The Kier molecular flexibility index (Phi) is 11.2. The molecule has 0 aromatic heterocycles. The second kappa shape index (κ2) is 15.2. The van der Waals surface area contributed by atoms with Crippen LogP contribution >= 0.6 is 0 Å². The predicted octanol–water partition coefficient (Wildman–Crippen LogP) is 5.21. The van der Waals surface area contributed by atoms with E-state index in [-0.39, 0.29) is 44.0 Å². The van der Waals surface area contributed by atoms with Crippen molar-refractivity contribution in [3.05, 3.63) is 73.8 Å². The van der Waals surface area contributed by atoms with Crippen LogP contribution in [-0.4, -0.2) is 90.9 Å². The van der Waals surface area contributed by atoms with Crippen molar-refractivity contribution in [3.8, 4) is 5.75 Å². The summed E-state index contributed by atoms with van der Waals surface area (Å²) >= 11 is 0. The maximum Gasteiger partial charge on any atom is 0.253 e. The van der Waals surface area contributed by atoms with Gasteiger partial charge in [0.1, 0.15) is 17.4 Å². The molecular formula is C39H52N4O6. The average molecular weight is 673 g/mol. The van der Waals surface area contributed by atoms with E-state index in [0.29, 0.717) is 49.4 Å². The third kappa shape index (κ3) is 6.48. The van der Waals surface area contributed by atoms with Crippen LogP contribution in [0.25, 0.3) is 0 Å². The van der Waals surface area contributed by atoms with Crippen molar-refractivity contribution in [3.63, 3.8) is 0 Å². The highest BCUT2D eigenvalue weighted by Crippen LogP contribution is 2.63. The molecule has 2 aromatic rings. The van der Waals surface area contributed by atoms with Gasteiger partial charge < -0.3 is 34.2 Å². The van der Waals surface area contributed by atoms with Gasteiger partial charge in [-0.25, -0.2) is 0 Å². The fourth-order valence-electron chi connectivity index (χ4n) is 8.26. The van der Waals surface area contributed by atoms with Crippen LogP contribution in [0.4, 0.5) is 17.1 Å². The molecule has 0 saturated carbocycles. The van der Waals surface area contributed by atoms with Crippen LogP contribution in [0.5, 0.6) is 5.75 Å². The smallest absolute Gasteiger partial charge is 0.253 e. The Morgan fingerprint density at radius 1 is 0.918 bits per heavy atom. The number of amides is 3. The fraction of sp³-hybridized carbons (Fsp3) is 0.513. The van der Waals surface area contributed by atoms with Gasteiger partial charge in [0, 0.05) is 56.4 Å². The Bertz CT molecular complexity index is 1510. The van der Waals surface area contributed by atoms with Crippen LogP contribution in [0.1, 0.15) is 53.4 Å². The van der Waals surface area contributed by atoms with Crippen LogP contribution in [0.15, 0.2) is 73.8 Å². The van der Waals surface area contributed by atoms with E-state index in [2.05, 4.69) is 31.9 Å². The molecule has 3 heterocycles. The molecule has 3 amide bonds. The molecule has 5 atom stereocenters. The van der Waals surface area contributed by atoms with E-state index in [9.17, 15) is 19.5 Å². The van der Waals surface area contributed by atoms with Crippen molar-refractivity contribution >= 4 is 34.8 Å². The first-order valence-corrected chi connectivity index (χ1v) is 17.7. The van der Waals surface area contributed by atoms with Gasteiger partial charge >= 0.3 is 0 Å². The molecule has 3 aliphatic heterocycles. The lowest BCUT2D eigenvalue weighted by molar-refractivity contribution is -0.144. The second-order valence-electron chi connectivity index (χ2n) is 13.3. The third-order valence-electron chi connectivity index (χ3n) is 10.5. The van der Waals surface area contributed by atoms with Gasteiger partial charge in [-0.1, -0.05) is 12.2 Å². The number of likely N-dealkylation sites (tertiary alicyclic amines) is 1. The molecule has 2 unspecified atom stereocenters. The molecule has 3 aliphatic rings. The summed E-state index contributed by atoms with van der Waals surface area (Å²) in [6.45, 7) is 18.8. The van der Waals surface area contributed by atoms with Gasteiger partial charge in [0.2, 0.25) is 11.8 Å². The van der Waals surface area contributed by atoms with E-state index in [4.69, 9.17) is 9.47 Å². The van der Waals surface area contributed by atoms with Gasteiger partial charge in [0.05, 0.1) is 24.0 Å². The number of hydrogen-bond acceptors (Lipinski definition) is 7. The van der Waals surface area contributed by atoms with E-state index in [0.717, 1.165) is 18.8 Å². The number of rotatable bonds is 17. The van der Waals surface area contributed by atoms with Crippen molar-refractivity contribution in [2.45, 2.75) is 70.6 Å². The summed E-state index contributed by atoms with van der Waals surface area (Å²) in [6, 6.07) is 14.3. The molecule has 3 fully saturated rings. The average Bonchev–Trinajstić information content (AvgIpc) is 3.67. The minimum atomic E-state index is -1.18. The maximum atomic E-state index is 14.9. The number of nitrogens with zero attached hydrogens (tertiary/aromatic N) is 4. The number of benzene rings is 2. The summed E-state index contributed by atoms with van der Waals surface area (Å²) in [5, 5.41) is 9.58. The van der Waals surface area contributed by atoms with E-state index < -0.39 is 29.1 Å². The van der Waals surface area contributed by atoms with Crippen LogP contribution in [0.3, 0.4) is 0 Å². The number of fused-ring (bicyclic) bond motifs is 1. The van der Waals surface area contributed by atoms with E-state index in [1.165, 1.54) is 0 Å². The zero-order valence-electron chi connectivity index (χ0n) is 29.5. The Morgan fingerprint density at radius 2 is 1.49 bits per heavy atom. The van der Waals surface area contributed by atoms with Crippen LogP contribution in [-0.2, 0) is 19.1 Å². The van der Waals surface area contributed by atoms with Crippen molar-refractivity contribution in [2.24, 2.45) is 11.8 Å². The standard InChI is InChI=1S/C39H52N4O6/c1-7-24-41(30-18-20-31(21-19-30)48-11-5)35(45)32-33-36(46)43(26-12-13-27-44)34(39(33)23-22-38(32,6)49-39)37(47)42(25-8-2)29-16-14-28(15-17-29)40(9-3)10-4/h7-8,14-21,32-34,44H,1-2,9-13,22-27H2,3-6H3/t32-,33-,34?,38+,39?/m0/s1. The number of anilines is 3. The summed E-state index contributed by atoms with van der Waals surface area (Å²) in [6.07, 6.45) is 5.36. The molecular weight excluding hydrogens is 620 g/mol. The zero-order chi connectivity index (χ0) is 35.3. The van der Waals surface area contributed by atoms with E-state index in [1.807, 2.05) is 62.4 Å². The summed E-state index contributed by atoms with van der Waals surface area (Å²) in [5.74, 6) is -1.69. The highest BCUT2D eigenvalue weighted by atomic mass is 16.5. The molecule has 1 N–H and O–H groups in total. The number of aliphatic hydroxyl groups excluding tert-OH is 1. The number of carbonyl (C=O) groups is 3. The molecule has 5 rings (SSSR count). The molecule has 10 heteroatoms. The fourth-order valence-corrected chi connectivity index (χ4v) is 8.26. The van der Waals surface area contributed by atoms with Gasteiger partial charge in [-0.2, -0.15) is 0 Å². The third-order valence-corrected chi connectivity index (χ3v) is 10.5. The lowest BCUT2D eigenvalue weighted by Gasteiger charge is -2.37. The van der Waals surface area contributed by atoms with Gasteiger partial charge in [-0.05, 0) is 102 Å². The van der Waals surface area contributed by atoms with E-state index >= 15 is 0 Å². The van der Waals surface area contributed by atoms with Gasteiger partial charge in [-0.15, -0.1) is 13.2 Å². The molecule has 10 nitrogen and oxygen atoms in total. The number of ether oxygens (including phenoxy) is 2. The normalized spacial score (nSPS) is 25.2. The topological polar surface area (TPSA) is 103 Å². The Morgan fingerprint density at radius 3 is 2.04 bits per heavy atom. The first-order valence-electron chi connectivity index (χ1n) is 17.7. The maximum absolute atomic E-state index is 14.9. The zero-order valence-corrected chi connectivity index (χ0v) is 29.5. The quantitative estimate of drug-likeness (QED) is 0.182. The molecule has 2 bridgehead atoms. The second-order valence-corrected chi connectivity index (χ2v) is 13.3. The molecule has 49 heavy (non-hydrogen) atoms. The minimum absolute atomic E-state index is 0.0228. The van der Waals surface area contributed by atoms with Crippen molar-refractivity contribution in [1.29, 1.82) is 0 Å². The van der Waals surface area contributed by atoms with Crippen LogP contribution in [0.2, 0.25) is 0 Å². The predicted molar refractivity (Wildman–Crippen MR) is 193 cm³/mol.